The Morgan fingerprint density at radius 2 is 2.09 bits per heavy atom. The fourth-order valence-electron chi connectivity index (χ4n) is 3.15. The van der Waals surface area contributed by atoms with Crippen LogP contribution in [-0.2, 0) is 6.42 Å². The Bertz CT molecular complexity index is 478. The van der Waals surface area contributed by atoms with Gasteiger partial charge < -0.3 is 10.6 Å². The number of rotatable bonds is 6. The molecule has 2 N–H and O–H groups in total. The Morgan fingerprint density at radius 1 is 1.32 bits per heavy atom. The summed E-state index contributed by atoms with van der Waals surface area (Å²) < 4.78 is 0. The van der Waals surface area contributed by atoms with Crippen molar-refractivity contribution in [3.05, 3.63) is 29.0 Å². The van der Waals surface area contributed by atoms with Crippen molar-refractivity contribution in [2.24, 2.45) is 10.4 Å². The lowest BCUT2D eigenvalue weighted by Gasteiger charge is -2.28. The Labute approximate surface area is 138 Å². The number of nitrogens with one attached hydrogen (secondary N) is 2. The molecule has 1 fully saturated rings. The van der Waals surface area contributed by atoms with E-state index in [1.54, 1.807) is 0 Å². The normalized spacial score (nSPS) is 17.5. The quantitative estimate of drug-likeness (QED) is 0.479. The van der Waals surface area contributed by atoms with Crippen molar-refractivity contribution in [3.8, 4) is 0 Å². The van der Waals surface area contributed by atoms with Gasteiger partial charge in [0, 0.05) is 26.3 Å². The Balaban J connectivity index is 1.74. The monoisotopic (exact) mass is 322 g/mol. The zero-order valence-electron chi connectivity index (χ0n) is 13.7. The first-order chi connectivity index (χ1) is 10.7. The molecular formula is C17H27ClN4. The van der Waals surface area contributed by atoms with Gasteiger partial charge in [-0.15, -0.1) is 0 Å². The summed E-state index contributed by atoms with van der Waals surface area (Å²) in [5, 5.41) is 7.41. The molecule has 22 heavy (non-hydrogen) atoms. The number of hydrogen-bond donors (Lipinski definition) is 2. The van der Waals surface area contributed by atoms with Crippen LogP contribution in [0.5, 0.6) is 0 Å². The van der Waals surface area contributed by atoms with Crippen LogP contribution in [0.15, 0.2) is 23.3 Å². The van der Waals surface area contributed by atoms with Crippen molar-refractivity contribution in [2.45, 2.75) is 45.4 Å². The summed E-state index contributed by atoms with van der Waals surface area (Å²) in [6, 6.07) is 3.84. The first-order valence-corrected chi connectivity index (χ1v) is 8.60. The fraction of sp³-hybridized carbons (Fsp3) is 0.647. The van der Waals surface area contributed by atoms with Gasteiger partial charge in [-0.25, -0.2) is 4.98 Å². The molecule has 1 aromatic rings. The molecule has 1 aliphatic carbocycles. The smallest absolute Gasteiger partial charge is 0.191 e. The molecule has 1 aromatic heterocycles. The van der Waals surface area contributed by atoms with Crippen LogP contribution in [0.25, 0.3) is 0 Å². The van der Waals surface area contributed by atoms with Gasteiger partial charge in [-0.1, -0.05) is 37.4 Å². The SMILES string of the molecule is CCC1(CNC(=NC)NCCc2ccc(Cl)nc2)CCCC1. The van der Waals surface area contributed by atoms with E-state index in [0.29, 0.717) is 10.6 Å². The lowest BCUT2D eigenvalue weighted by Crippen LogP contribution is -2.43. The Kier molecular flexibility index (Phi) is 6.49. The summed E-state index contributed by atoms with van der Waals surface area (Å²) in [5.41, 5.74) is 1.64. The van der Waals surface area contributed by atoms with Crippen LogP contribution in [0, 0.1) is 5.41 Å². The summed E-state index contributed by atoms with van der Waals surface area (Å²) in [5.74, 6) is 0.890. The standard InChI is InChI=1S/C17H27ClN4/c1-3-17(9-4-5-10-17)13-22-16(19-2)20-11-8-14-6-7-15(18)21-12-14/h6-7,12H,3-5,8-11,13H2,1-2H3,(H2,19,20,22). The van der Waals surface area contributed by atoms with Gasteiger partial charge >= 0.3 is 0 Å². The maximum Gasteiger partial charge on any atom is 0.191 e. The van der Waals surface area contributed by atoms with E-state index in [2.05, 4.69) is 27.5 Å². The Hall–Kier alpha value is -1.29. The molecule has 0 bridgehead atoms. The molecule has 0 unspecified atom stereocenters. The molecule has 0 saturated heterocycles. The molecule has 0 spiro atoms. The third kappa shape index (κ3) is 4.87. The van der Waals surface area contributed by atoms with Gasteiger partial charge in [-0.05, 0) is 42.7 Å². The third-order valence-electron chi connectivity index (χ3n) is 4.76. The minimum atomic E-state index is 0.470. The van der Waals surface area contributed by atoms with Crippen molar-refractivity contribution in [1.82, 2.24) is 15.6 Å². The molecule has 4 nitrogen and oxygen atoms in total. The van der Waals surface area contributed by atoms with Gasteiger partial charge in [0.15, 0.2) is 5.96 Å². The van der Waals surface area contributed by atoms with Crippen molar-refractivity contribution in [1.29, 1.82) is 0 Å². The third-order valence-corrected chi connectivity index (χ3v) is 4.99. The molecular weight excluding hydrogens is 296 g/mol. The van der Waals surface area contributed by atoms with E-state index in [9.17, 15) is 0 Å². The molecule has 5 heteroatoms. The summed E-state index contributed by atoms with van der Waals surface area (Å²) in [7, 11) is 1.83. The molecule has 0 atom stereocenters. The molecule has 0 aliphatic heterocycles. The second-order valence-corrected chi connectivity index (χ2v) is 6.54. The van der Waals surface area contributed by atoms with Crippen molar-refractivity contribution in [3.63, 3.8) is 0 Å². The zero-order valence-corrected chi connectivity index (χ0v) is 14.4. The van der Waals surface area contributed by atoms with E-state index in [4.69, 9.17) is 11.6 Å². The van der Waals surface area contributed by atoms with Crippen LogP contribution in [0.1, 0.15) is 44.6 Å². The number of nitrogens with zero attached hydrogens (tertiary/aromatic N) is 2. The molecule has 1 saturated carbocycles. The van der Waals surface area contributed by atoms with Gasteiger partial charge in [0.1, 0.15) is 5.15 Å². The lowest BCUT2D eigenvalue weighted by molar-refractivity contribution is 0.283. The highest BCUT2D eigenvalue weighted by molar-refractivity contribution is 6.29. The van der Waals surface area contributed by atoms with Crippen molar-refractivity contribution >= 4 is 17.6 Å². The van der Waals surface area contributed by atoms with E-state index < -0.39 is 0 Å². The Morgan fingerprint density at radius 3 is 2.68 bits per heavy atom. The molecule has 1 heterocycles. The van der Waals surface area contributed by atoms with Crippen molar-refractivity contribution < 1.29 is 0 Å². The van der Waals surface area contributed by atoms with Crippen LogP contribution >= 0.6 is 11.6 Å². The maximum absolute atomic E-state index is 5.79. The summed E-state index contributed by atoms with van der Waals surface area (Å²) in [6.07, 6.45) is 9.38. The molecule has 0 aromatic carbocycles. The minimum Gasteiger partial charge on any atom is -0.356 e. The second kappa shape index (κ2) is 8.37. The number of guanidine groups is 1. The van der Waals surface area contributed by atoms with Crippen LogP contribution in [-0.4, -0.2) is 31.1 Å². The highest BCUT2D eigenvalue weighted by atomic mass is 35.5. The summed E-state index contributed by atoms with van der Waals surface area (Å²) in [4.78, 5) is 8.42. The van der Waals surface area contributed by atoms with Crippen LogP contribution in [0.2, 0.25) is 5.15 Å². The fourth-order valence-corrected chi connectivity index (χ4v) is 3.26. The maximum atomic E-state index is 5.79. The molecule has 0 amide bonds. The summed E-state index contributed by atoms with van der Waals surface area (Å²) >= 11 is 5.79. The molecule has 0 radical (unpaired) electrons. The topological polar surface area (TPSA) is 49.3 Å². The van der Waals surface area contributed by atoms with Gasteiger partial charge in [-0.3, -0.25) is 4.99 Å². The van der Waals surface area contributed by atoms with Gasteiger partial charge in [0.25, 0.3) is 0 Å². The van der Waals surface area contributed by atoms with Gasteiger partial charge in [-0.2, -0.15) is 0 Å². The number of halogens is 1. The first kappa shape index (κ1) is 17.1. The number of aliphatic imine (C=N–C) groups is 1. The van der Waals surface area contributed by atoms with Gasteiger partial charge in [0.2, 0.25) is 0 Å². The zero-order chi connectivity index (χ0) is 15.8. The summed E-state index contributed by atoms with van der Waals surface area (Å²) in [6.45, 7) is 4.16. The minimum absolute atomic E-state index is 0.470. The van der Waals surface area contributed by atoms with E-state index in [0.717, 1.165) is 25.5 Å². The predicted octanol–water partition coefficient (Wildman–Crippen LogP) is 3.41. The van der Waals surface area contributed by atoms with Crippen LogP contribution < -0.4 is 10.6 Å². The predicted molar refractivity (Wildman–Crippen MR) is 93.5 cm³/mol. The van der Waals surface area contributed by atoms with E-state index in [1.807, 2.05) is 25.4 Å². The highest BCUT2D eigenvalue weighted by Crippen LogP contribution is 2.40. The van der Waals surface area contributed by atoms with Gasteiger partial charge in [0.05, 0.1) is 0 Å². The van der Waals surface area contributed by atoms with Crippen molar-refractivity contribution in [2.75, 3.05) is 20.1 Å². The highest BCUT2D eigenvalue weighted by Gasteiger charge is 2.31. The largest absolute Gasteiger partial charge is 0.356 e. The number of aromatic nitrogens is 1. The molecule has 122 valence electrons. The average Bonchev–Trinajstić information content (AvgIpc) is 3.02. The average molecular weight is 323 g/mol. The van der Waals surface area contributed by atoms with Crippen LogP contribution in [0.3, 0.4) is 0 Å². The van der Waals surface area contributed by atoms with E-state index in [1.165, 1.54) is 37.7 Å². The second-order valence-electron chi connectivity index (χ2n) is 6.15. The molecule has 1 aliphatic rings. The lowest BCUT2D eigenvalue weighted by atomic mass is 9.83. The molecule has 2 rings (SSSR count). The van der Waals surface area contributed by atoms with E-state index >= 15 is 0 Å². The number of pyridine rings is 1. The van der Waals surface area contributed by atoms with Crippen LogP contribution in [0.4, 0.5) is 0 Å². The number of hydrogen-bond acceptors (Lipinski definition) is 2. The van der Waals surface area contributed by atoms with E-state index in [-0.39, 0.29) is 0 Å². The first-order valence-electron chi connectivity index (χ1n) is 8.22.